The van der Waals surface area contributed by atoms with E-state index in [-0.39, 0.29) is 0 Å². The smallest absolute Gasteiger partial charge is 0.344 e. The van der Waals surface area contributed by atoms with Crippen molar-refractivity contribution in [3.63, 3.8) is 0 Å². The minimum atomic E-state index is -0.963. The van der Waals surface area contributed by atoms with Gasteiger partial charge in [0.2, 0.25) is 0 Å². The van der Waals surface area contributed by atoms with Gasteiger partial charge in [0.15, 0.2) is 6.10 Å². The predicted molar refractivity (Wildman–Crippen MR) is 63.5 cm³/mol. The van der Waals surface area contributed by atoms with Crippen molar-refractivity contribution >= 4 is 12.0 Å². The van der Waals surface area contributed by atoms with E-state index in [1.807, 2.05) is 30.4 Å². The van der Waals surface area contributed by atoms with E-state index >= 15 is 0 Å². The van der Waals surface area contributed by atoms with Gasteiger partial charge in [0.25, 0.3) is 0 Å². The Labute approximate surface area is 95.4 Å². The second kappa shape index (κ2) is 5.95. The van der Waals surface area contributed by atoms with Gasteiger partial charge in [-0.2, -0.15) is 0 Å². The number of carboxylic acids is 1. The number of carboxylic acid groups (broad SMARTS) is 1. The second-order valence-corrected chi connectivity index (χ2v) is 3.48. The molecule has 0 aliphatic heterocycles. The molecular weight excluding hydrogens is 204 g/mol. The summed E-state index contributed by atoms with van der Waals surface area (Å²) in [6.45, 7) is 3.57. The summed E-state index contributed by atoms with van der Waals surface area (Å²) in [5, 5.41) is 8.72. The molecule has 1 aromatic carbocycles. The van der Waals surface area contributed by atoms with Crippen molar-refractivity contribution in [3.8, 4) is 5.75 Å². The third-order valence-electron chi connectivity index (χ3n) is 2.06. The molecule has 1 aromatic rings. The van der Waals surface area contributed by atoms with Crippen LogP contribution in [0, 0.1) is 0 Å². The fourth-order valence-electron chi connectivity index (χ4n) is 1.20. The minimum Gasteiger partial charge on any atom is -0.479 e. The molecule has 0 radical (unpaired) electrons. The lowest BCUT2D eigenvalue weighted by Gasteiger charge is -2.10. The van der Waals surface area contributed by atoms with E-state index in [9.17, 15) is 4.79 Å². The van der Waals surface area contributed by atoms with Crippen molar-refractivity contribution < 1.29 is 14.6 Å². The molecule has 0 fully saturated rings. The Hall–Kier alpha value is -1.77. The molecule has 0 spiro atoms. The average molecular weight is 220 g/mol. The van der Waals surface area contributed by atoms with Crippen LogP contribution in [0.15, 0.2) is 30.3 Å². The van der Waals surface area contributed by atoms with Crippen LogP contribution in [0.5, 0.6) is 5.75 Å². The Balaban J connectivity index is 2.74. The van der Waals surface area contributed by atoms with Crippen molar-refractivity contribution in [2.75, 3.05) is 0 Å². The number of benzene rings is 1. The molecule has 0 heterocycles. The first-order valence-corrected chi connectivity index (χ1v) is 5.29. The molecule has 1 N–H and O–H groups in total. The van der Waals surface area contributed by atoms with Crippen molar-refractivity contribution in [1.82, 2.24) is 0 Å². The first-order chi connectivity index (χ1) is 7.63. The van der Waals surface area contributed by atoms with Crippen LogP contribution in [0.2, 0.25) is 0 Å². The summed E-state index contributed by atoms with van der Waals surface area (Å²) in [4.78, 5) is 10.6. The summed E-state index contributed by atoms with van der Waals surface area (Å²) < 4.78 is 5.26. The van der Waals surface area contributed by atoms with E-state index in [1.165, 1.54) is 6.92 Å². The quantitative estimate of drug-likeness (QED) is 0.829. The van der Waals surface area contributed by atoms with Gasteiger partial charge in [0.05, 0.1) is 0 Å². The monoisotopic (exact) mass is 220 g/mol. The molecule has 0 amide bonds. The highest BCUT2D eigenvalue weighted by Crippen LogP contribution is 2.16. The number of rotatable bonds is 5. The number of aliphatic carboxylic acids is 1. The van der Waals surface area contributed by atoms with Crippen LogP contribution in [0.4, 0.5) is 0 Å². The first kappa shape index (κ1) is 12.3. The standard InChI is InChI=1S/C13H16O3/c1-3-4-6-11-7-5-8-12(9-11)16-10(2)13(14)15/h4-10H,3H2,1-2H3,(H,14,15)/b6-4+/t10-/m0/s1. The number of carbonyl (C=O) groups is 1. The van der Waals surface area contributed by atoms with Gasteiger partial charge < -0.3 is 9.84 Å². The summed E-state index contributed by atoms with van der Waals surface area (Å²) in [6.07, 6.45) is 4.17. The molecule has 16 heavy (non-hydrogen) atoms. The SMILES string of the molecule is CC/C=C/c1cccc(O[C@@H](C)C(=O)O)c1. The van der Waals surface area contributed by atoms with E-state index in [0.29, 0.717) is 5.75 Å². The zero-order valence-corrected chi connectivity index (χ0v) is 9.51. The average Bonchev–Trinajstić information content (AvgIpc) is 2.26. The summed E-state index contributed by atoms with van der Waals surface area (Å²) in [5.41, 5.74) is 1.01. The zero-order valence-electron chi connectivity index (χ0n) is 9.51. The summed E-state index contributed by atoms with van der Waals surface area (Å²) in [6, 6.07) is 7.37. The van der Waals surface area contributed by atoms with Gasteiger partial charge in [-0.05, 0) is 31.0 Å². The molecule has 1 rings (SSSR count). The number of allylic oxidation sites excluding steroid dienone is 1. The molecule has 0 bridgehead atoms. The fraction of sp³-hybridized carbons (Fsp3) is 0.308. The van der Waals surface area contributed by atoms with E-state index < -0.39 is 12.1 Å². The van der Waals surface area contributed by atoms with Crippen molar-refractivity contribution in [3.05, 3.63) is 35.9 Å². The van der Waals surface area contributed by atoms with E-state index in [4.69, 9.17) is 9.84 Å². The third kappa shape index (κ3) is 3.77. The van der Waals surface area contributed by atoms with Gasteiger partial charge >= 0.3 is 5.97 Å². The molecule has 0 aliphatic rings. The van der Waals surface area contributed by atoms with Gasteiger partial charge in [0, 0.05) is 0 Å². The van der Waals surface area contributed by atoms with E-state index in [1.54, 1.807) is 6.07 Å². The van der Waals surface area contributed by atoms with Crippen LogP contribution in [-0.2, 0) is 4.79 Å². The fourth-order valence-corrected chi connectivity index (χ4v) is 1.20. The molecule has 86 valence electrons. The predicted octanol–water partition coefficient (Wildman–Crippen LogP) is 2.96. The second-order valence-electron chi connectivity index (χ2n) is 3.48. The highest BCUT2D eigenvalue weighted by molar-refractivity contribution is 5.72. The van der Waals surface area contributed by atoms with Crippen molar-refractivity contribution in [1.29, 1.82) is 0 Å². The normalized spacial score (nSPS) is 12.6. The lowest BCUT2D eigenvalue weighted by molar-refractivity contribution is -0.144. The minimum absolute atomic E-state index is 0.577. The van der Waals surface area contributed by atoms with Crippen molar-refractivity contribution in [2.45, 2.75) is 26.4 Å². The van der Waals surface area contributed by atoms with Gasteiger partial charge in [-0.25, -0.2) is 4.79 Å². The molecule has 0 saturated heterocycles. The molecule has 0 saturated carbocycles. The summed E-state index contributed by atoms with van der Waals surface area (Å²) in [5.74, 6) is -0.386. The molecule has 0 unspecified atom stereocenters. The lowest BCUT2D eigenvalue weighted by Crippen LogP contribution is -2.22. The van der Waals surface area contributed by atoms with Crippen molar-refractivity contribution in [2.24, 2.45) is 0 Å². The highest BCUT2D eigenvalue weighted by atomic mass is 16.5. The van der Waals surface area contributed by atoms with Gasteiger partial charge in [0.1, 0.15) is 5.75 Å². The topological polar surface area (TPSA) is 46.5 Å². The summed E-state index contributed by atoms with van der Waals surface area (Å²) in [7, 11) is 0. The van der Waals surface area contributed by atoms with Crippen LogP contribution in [0.25, 0.3) is 6.08 Å². The molecule has 1 atom stereocenters. The molecule has 0 aromatic heterocycles. The maximum absolute atomic E-state index is 10.6. The highest BCUT2D eigenvalue weighted by Gasteiger charge is 2.11. The molecule has 3 nitrogen and oxygen atoms in total. The van der Waals surface area contributed by atoms with Crippen LogP contribution in [0.1, 0.15) is 25.8 Å². The van der Waals surface area contributed by atoms with Gasteiger partial charge in [-0.1, -0.05) is 31.2 Å². The molecule has 0 aliphatic carbocycles. The zero-order chi connectivity index (χ0) is 12.0. The number of hydrogen-bond acceptors (Lipinski definition) is 2. The third-order valence-corrected chi connectivity index (χ3v) is 2.06. The van der Waals surface area contributed by atoms with Gasteiger partial charge in [-0.3, -0.25) is 0 Å². The molecular formula is C13H16O3. The largest absolute Gasteiger partial charge is 0.479 e. The van der Waals surface area contributed by atoms with Crippen LogP contribution in [-0.4, -0.2) is 17.2 Å². The number of hydrogen-bond donors (Lipinski definition) is 1. The number of ether oxygens (including phenoxy) is 1. The Morgan fingerprint density at radius 2 is 2.31 bits per heavy atom. The molecule has 3 heteroatoms. The lowest BCUT2D eigenvalue weighted by atomic mass is 10.2. The maximum Gasteiger partial charge on any atom is 0.344 e. The Morgan fingerprint density at radius 3 is 2.94 bits per heavy atom. The Bertz CT molecular complexity index is 383. The van der Waals surface area contributed by atoms with Crippen LogP contribution >= 0.6 is 0 Å². The summed E-state index contributed by atoms with van der Waals surface area (Å²) >= 11 is 0. The van der Waals surface area contributed by atoms with E-state index in [0.717, 1.165) is 12.0 Å². The maximum atomic E-state index is 10.6. The van der Waals surface area contributed by atoms with E-state index in [2.05, 4.69) is 6.92 Å². The van der Waals surface area contributed by atoms with Crippen LogP contribution < -0.4 is 4.74 Å². The Kier molecular flexibility index (Phi) is 4.58. The Morgan fingerprint density at radius 1 is 1.56 bits per heavy atom. The first-order valence-electron chi connectivity index (χ1n) is 5.29. The van der Waals surface area contributed by atoms with Gasteiger partial charge in [-0.15, -0.1) is 0 Å². The van der Waals surface area contributed by atoms with Crippen LogP contribution in [0.3, 0.4) is 0 Å².